The summed E-state index contributed by atoms with van der Waals surface area (Å²) in [6.07, 6.45) is 1.26. The summed E-state index contributed by atoms with van der Waals surface area (Å²) >= 11 is 5.22. The number of benzene rings is 1. The van der Waals surface area contributed by atoms with Gasteiger partial charge in [-0.25, -0.2) is 0 Å². The van der Waals surface area contributed by atoms with Gasteiger partial charge in [-0.3, -0.25) is 0 Å². The van der Waals surface area contributed by atoms with Gasteiger partial charge in [-0.15, -0.1) is 0 Å². The summed E-state index contributed by atoms with van der Waals surface area (Å²) in [7, 11) is 0. The van der Waals surface area contributed by atoms with Crippen LogP contribution in [0.4, 0.5) is 5.69 Å². The summed E-state index contributed by atoms with van der Waals surface area (Å²) in [5.41, 5.74) is 1.01. The van der Waals surface area contributed by atoms with E-state index in [1.54, 1.807) is 0 Å². The van der Waals surface area contributed by atoms with Crippen molar-refractivity contribution in [3.63, 3.8) is 0 Å². The van der Waals surface area contributed by atoms with Gasteiger partial charge in [0.15, 0.2) is 5.11 Å². The van der Waals surface area contributed by atoms with Crippen LogP contribution in [0.3, 0.4) is 0 Å². The smallest absolute Gasteiger partial charge is 0.170 e. The van der Waals surface area contributed by atoms with Gasteiger partial charge in [0, 0.05) is 25.3 Å². The van der Waals surface area contributed by atoms with Crippen LogP contribution in [0, 0.1) is 0 Å². The molecule has 0 spiro atoms. The Bertz CT molecular complexity index is 366. The lowest BCUT2D eigenvalue weighted by atomic mass is 10.2. The van der Waals surface area contributed by atoms with Crippen LogP contribution >= 0.6 is 12.2 Å². The largest absolute Gasteiger partial charge is 0.376 e. The van der Waals surface area contributed by atoms with Gasteiger partial charge < -0.3 is 20.7 Å². The molecule has 0 bridgehead atoms. The van der Waals surface area contributed by atoms with Gasteiger partial charge in [0.25, 0.3) is 0 Å². The molecule has 1 atom stereocenters. The highest BCUT2D eigenvalue weighted by molar-refractivity contribution is 7.80. The number of ether oxygens (including phenoxy) is 1. The maximum Gasteiger partial charge on any atom is 0.170 e. The molecule has 1 saturated heterocycles. The number of anilines is 1. The Balaban J connectivity index is 1.62. The number of morpholine rings is 1. The van der Waals surface area contributed by atoms with E-state index in [1.807, 2.05) is 30.3 Å². The van der Waals surface area contributed by atoms with Gasteiger partial charge >= 0.3 is 0 Å². The first-order chi connectivity index (χ1) is 8.84. The van der Waals surface area contributed by atoms with Crippen molar-refractivity contribution in [2.24, 2.45) is 0 Å². The zero-order valence-electron chi connectivity index (χ0n) is 10.3. The fourth-order valence-corrected chi connectivity index (χ4v) is 2.07. The minimum atomic E-state index is 0.297. The Morgan fingerprint density at radius 1 is 1.39 bits per heavy atom. The van der Waals surface area contributed by atoms with Gasteiger partial charge in [0.1, 0.15) is 0 Å². The molecule has 0 saturated carbocycles. The van der Waals surface area contributed by atoms with E-state index < -0.39 is 0 Å². The molecule has 1 aromatic carbocycles. The molecule has 1 aromatic rings. The van der Waals surface area contributed by atoms with E-state index >= 15 is 0 Å². The SMILES string of the molecule is S=C(NCCC1CNCCO1)Nc1ccccc1. The van der Waals surface area contributed by atoms with Crippen LogP contribution in [-0.2, 0) is 4.74 Å². The number of nitrogens with one attached hydrogen (secondary N) is 3. The third-order valence-electron chi connectivity index (χ3n) is 2.79. The molecule has 98 valence electrons. The van der Waals surface area contributed by atoms with Crippen LogP contribution in [0.5, 0.6) is 0 Å². The molecular formula is C13H19N3OS. The average molecular weight is 265 g/mol. The van der Waals surface area contributed by atoms with Crippen LogP contribution in [0.15, 0.2) is 30.3 Å². The quantitative estimate of drug-likeness (QED) is 0.717. The zero-order valence-corrected chi connectivity index (χ0v) is 11.1. The van der Waals surface area contributed by atoms with Crippen molar-refractivity contribution in [2.45, 2.75) is 12.5 Å². The molecule has 0 aromatic heterocycles. The number of para-hydroxylation sites is 1. The summed E-state index contributed by atoms with van der Waals surface area (Å²) in [6, 6.07) is 9.92. The second kappa shape index (κ2) is 7.31. The topological polar surface area (TPSA) is 45.3 Å². The van der Waals surface area contributed by atoms with Crippen molar-refractivity contribution in [3.05, 3.63) is 30.3 Å². The first-order valence-corrected chi connectivity index (χ1v) is 6.67. The fourth-order valence-electron chi connectivity index (χ4n) is 1.85. The molecule has 1 heterocycles. The standard InChI is InChI=1S/C13H19N3OS/c18-13(16-11-4-2-1-3-5-11)15-7-6-12-10-14-8-9-17-12/h1-5,12,14H,6-10H2,(H2,15,16,18). The molecule has 0 aliphatic carbocycles. The summed E-state index contributed by atoms with van der Waals surface area (Å²) in [4.78, 5) is 0. The minimum absolute atomic E-state index is 0.297. The number of hydrogen-bond acceptors (Lipinski definition) is 3. The molecule has 1 fully saturated rings. The highest BCUT2D eigenvalue weighted by atomic mass is 32.1. The molecule has 1 aliphatic heterocycles. The number of thiocarbonyl (C=S) groups is 1. The third kappa shape index (κ3) is 4.60. The maximum absolute atomic E-state index is 5.61. The van der Waals surface area contributed by atoms with E-state index in [1.165, 1.54) is 0 Å². The molecule has 0 radical (unpaired) electrons. The normalized spacial score (nSPS) is 19.2. The van der Waals surface area contributed by atoms with Crippen LogP contribution in [0.25, 0.3) is 0 Å². The zero-order chi connectivity index (χ0) is 12.6. The highest BCUT2D eigenvalue weighted by Gasteiger charge is 2.12. The van der Waals surface area contributed by atoms with Crippen molar-refractivity contribution in [1.82, 2.24) is 10.6 Å². The van der Waals surface area contributed by atoms with Crippen LogP contribution in [0.2, 0.25) is 0 Å². The predicted molar refractivity (Wildman–Crippen MR) is 77.9 cm³/mol. The van der Waals surface area contributed by atoms with E-state index in [0.29, 0.717) is 11.2 Å². The van der Waals surface area contributed by atoms with Gasteiger partial charge in [-0.05, 0) is 30.8 Å². The van der Waals surface area contributed by atoms with Crippen LogP contribution in [0.1, 0.15) is 6.42 Å². The van der Waals surface area contributed by atoms with E-state index in [-0.39, 0.29) is 0 Å². The van der Waals surface area contributed by atoms with Crippen molar-refractivity contribution in [1.29, 1.82) is 0 Å². The van der Waals surface area contributed by atoms with Crippen molar-refractivity contribution in [3.8, 4) is 0 Å². The Hall–Kier alpha value is -1.17. The second-order valence-electron chi connectivity index (χ2n) is 4.23. The van der Waals surface area contributed by atoms with Gasteiger partial charge in [0.2, 0.25) is 0 Å². The van der Waals surface area contributed by atoms with E-state index in [4.69, 9.17) is 17.0 Å². The van der Waals surface area contributed by atoms with Crippen molar-refractivity contribution < 1.29 is 4.74 Å². The molecular weight excluding hydrogens is 246 g/mol. The lowest BCUT2D eigenvalue weighted by molar-refractivity contribution is 0.0245. The Morgan fingerprint density at radius 3 is 2.94 bits per heavy atom. The summed E-state index contributed by atoms with van der Waals surface area (Å²) in [6.45, 7) is 3.51. The monoisotopic (exact) mass is 265 g/mol. The lowest BCUT2D eigenvalue weighted by Gasteiger charge is -2.23. The van der Waals surface area contributed by atoms with E-state index in [2.05, 4.69) is 16.0 Å². The Morgan fingerprint density at radius 2 is 2.22 bits per heavy atom. The van der Waals surface area contributed by atoms with Crippen molar-refractivity contribution >= 4 is 23.0 Å². The van der Waals surface area contributed by atoms with E-state index in [9.17, 15) is 0 Å². The maximum atomic E-state index is 5.61. The molecule has 18 heavy (non-hydrogen) atoms. The van der Waals surface area contributed by atoms with Crippen LogP contribution in [-0.4, -0.2) is 37.5 Å². The van der Waals surface area contributed by atoms with Crippen LogP contribution < -0.4 is 16.0 Å². The third-order valence-corrected chi connectivity index (χ3v) is 3.03. The minimum Gasteiger partial charge on any atom is -0.376 e. The van der Waals surface area contributed by atoms with Gasteiger partial charge in [-0.2, -0.15) is 0 Å². The van der Waals surface area contributed by atoms with E-state index in [0.717, 1.165) is 38.3 Å². The molecule has 2 rings (SSSR count). The molecule has 1 aliphatic rings. The molecule has 5 heteroatoms. The number of hydrogen-bond donors (Lipinski definition) is 3. The van der Waals surface area contributed by atoms with Gasteiger partial charge in [-0.1, -0.05) is 18.2 Å². The fraction of sp³-hybridized carbons (Fsp3) is 0.462. The molecule has 3 N–H and O–H groups in total. The Labute approximate surface area is 113 Å². The summed E-state index contributed by atoms with van der Waals surface area (Å²) in [5, 5.41) is 10.3. The second-order valence-corrected chi connectivity index (χ2v) is 4.64. The molecule has 4 nitrogen and oxygen atoms in total. The summed E-state index contributed by atoms with van der Waals surface area (Å²) in [5.74, 6) is 0. The first kappa shape index (κ1) is 13.3. The first-order valence-electron chi connectivity index (χ1n) is 6.27. The number of rotatable bonds is 4. The molecule has 1 unspecified atom stereocenters. The summed E-state index contributed by atoms with van der Waals surface area (Å²) < 4.78 is 5.61. The Kier molecular flexibility index (Phi) is 5.38. The molecule has 0 amide bonds. The lowest BCUT2D eigenvalue weighted by Crippen LogP contribution is -2.40. The van der Waals surface area contributed by atoms with Crippen molar-refractivity contribution in [2.75, 3.05) is 31.6 Å². The predicted octanol–water partition coefficient (Wildman–Crippen LogP) is 1.35. The van der Waals surface area contributed by atoms with Gasteiger partial charge in [0.05, 0.1) is 12.7 Å². The average Bonchev–Trinajstić information content (AvgIpc) is 2.41. The highest BCUT2D eigenvalue weighted by Crippen LogP contribution is 2.04.